The van der Waals surface area contributed by atoms with E-state index in [9.17, 15) is 4.79 Å². The molecule has 1 aromatic carbocycles. The summed E-state index contributed by atoms with van der Waals surface area (Å²) in [4.78, 5) is 18.4. The van der Waals surface area contributed by atoms with Crippen LogP contribution in [-0.4, -0.2) is 44.2 Å². The maximum atomic E-state index is 12.8. The Kier molecular flexibility index (Phi) is 13.2. The SMILES string of the molecule is BCCC(=O)N(c1cccc(SCC)c1CS/C=N/C=C\CCC(C)C)N(C)C. The molecule has 0 aromatic heterocycles. The molecule has 0 aliphatic carbocycles. The van der Waals surface area contributed by atoms with E-state index in [4.69, 9.17) is 0 Å². The van der Waals surface area contributed by atoms with E-state index in [0.717, 1.165) is 35.9 Å². The Morgan fingerprint density at radius 1 is 1.31 bits per heavy atom. The lowest BCUT2D eigenvalue weighted by Crippen LogP contribution is -2.42. The van der Waals surface area contributed by atoms with Crippen LogP contribution >= 0.6 is 23.5 Å². The number of hydrogen-bond acceptors (Lipinski definition) is 5. The van der Waals surface area contributed by atoms with Crippen molar-refractivity contribution in [2.24, 2.45) is 10.9 Å². The molecule has 0 heterocycles. The molecule has 0 aliphatic heterocycles. The molecule has 7 heteroatoms. The van der Waals surface area contributed by atoms with E-state index >= 15 is 0 Å². The molecule has 0 spiro atoms. The van der Waals surface area contributed by atoms with Crippen LogP contribution in [0.25, 0.3) is 0 Å². The van der Waals surface area contributed by atoms with Crippen LogP contribution in [0.15, 0.2) is 40.4 Å². The third kappa shape index (κ3) is 9.45. The van der Waals surface area contributed by atoms with Crippen molar-refractivity contribution in [3.05, 3.63) is 36.0 Å². The van der Waals surface area contributed by atoms with Gasteiger partial charge in [-0.1, -0.05) is 39.2 Å². The van der Waals surface area contributed by atoms with Crippen molar-refractivity contribution in [1.82, 2.24) is 5.01 Å². The van der Waals surface area contributed by atoms with Crippen molar-refractivity contribution in [3.8, 4) is 0 Å². The number of anilines is 1. The quantitative estimate of drug-likeness (QED) is 0.140. The molecular formula is C22H36BN3OS2. The molecule has 0 bridgehead atoms. The second-order valence-corrected chi connectivity index (χ2v) is 9.55. The van der Waals surface area contributed by atoms with Gasteiger partial charge in [0.25, 0.3) is 0 Å². The minimum atomic E-state index is 0.129. The summed E-state index contributed by atoms with van der Waals surface area (Å²) in [5, 5.41) is 3.69. The Morgan fingerprint density at radius 2 is 2.07 bits per heavy atom. The summed E-state index contributed by atoms with van der Waals surface area (Å²) < 4.78 is 0. The van der Waals surface area contributed by atoms with Crippen LogP contribution in [0.5, 0.6) is 0 Å². The van der Waals surface area contributed by atoms with Crippen molar-refractivity contribution >= 4 is 48.5 Å². The summed E-state index contributed by atoms with van der Waals surface area (Å²) in [7, 11) is 5.89. The Morgan fingerprint density at radius 3 is 2.69 bits per heavy atom. The third-order valence-electron chi connectivity index (χ3n) is 4.20. The average Bonchev–Trinajstić information content (AvgIpc) is 2.65. The van der Waals surface area contributed by atoms with Crippen molar-refractivity contribution in [2.75, 3.05) is 24.9 Å². The van der Waals surface area contributed by atoms with Crippen LogP contribution in [0, 0.1) is 5.92 Å². The number of nitrogens with zero attached hydrogens (tertiary/aromatic N) is 3. The Bertz CT molecular complexity index is 678. The fraction of sp³-hybridized carbons (Fsp3) is 0.545. The molecule has 0 saturated heterocycles. The van der Waals surface area contributed by atoms with Crippen molar-refractivity contribution in [2.45, 2.75) is 57.0 Å². The predicted octanol–water partition coefficient (Wildman–Crippen LogP) is 5.26. The molecule has 1 amide bonds. The van der Waals surface area contributed by atoms with Crippen molar-refractivity contribution in [1.29, 1.82) is 0 Å². The lowest BCUT2D eigenvalue weighted by Gasteiger charge is -2.31. The molecule has 0 radical (unpaired) electrons. The number of hydrazine groups is 1. The summed E-state index contributed by atoms with van der Waals surface area (Å²) in [6.07, 6.45) is 7.65. The van der Waals surface area contributed by atoms with Gasteiger partial charge in [-0.25, -0.2) is 10.0 Å². The zero-order valence-corrected chi connectivity index (χ0v) is 20.5. The van der Waals surface area contributed by atoms with Crippen LogP contribution in [0.3, 0.4) is 0 Å². The van der Waals surface area contributed by atoms with E-state index in [1.165, 1.54) is 16.9 Å². The van der Waals surface area contributed by atoms with Crippen LogP contribution < -0.4 is 5.01 Å². The van der Waals surface area contributed by atoms with E-state index in [1.54, 1.807) is 11.8 Å². The first kappa shape index (κ1) is 25.9. The Balaban J connectivity index is 2.97. The molecule has 1 rings (SSSR count). The molecule has 160 valence electrons. The number of carbonyl (C=O) groups excluding carboxylic acids is 1. The van der Waals surface area contributed by atoms with Crippen LogP contribution in [0.4, 0.5) is 5.69 Å². The monoisotopic (exact) mass is 433 g/mol. The minimum absolute atomic E-state index is 0.129. The van der Waals surface area contributed by atoms with E-state index in [1.807, 2.05) is 67.6 Å². The normalized spacial score (nSPS) is 12.0. The van der Waals surface area contributed by atoms with Crippen molar-refractivity contribution < 1.29 is 4.79 Å². The van der Waals surface area contributed by atoms with Gasteiger partial charge in [0.05, 0.1) is 11.2 Å². The van der Waals surface area contributed by atoms with E-state index in [2.05, 4.69) is 37.9 Å². The van der Waals surface area contributed by atoms with Gasteiger partial charge in [0.2, 0.25) is 5.91 Å². The zero-order chi connectivity index (χ0) is 21.6. The van der Waals surface area contributed by atoms with Gasteiger partial charge in [-0.2, -0.15) is 0 Å². The second kappa shape index (κ2) is 14.8. The molecule has 29 heavy (non-hydrogen) atoms. The topological polar surface area (TPSA) is 35.9 Å². The number of amides is 1. The molecule has 0 saturated carbocycles. The maximum absolute atomic E-state index is 12.8. The highest BCUT2D eigenvalue weighted by Crippen LogP contribution is 2.34. The number of thioether (sulfide) groups is 2. The molecule has 0 unspecified atom stereocenters. The number of rotatable bonds is 13. The van der Waals surface area contributed by atoms with E-state index in [0.29, 0.717) is 6.42 Å². The molecule has 0 fully saturated rings. The second-order valence-electron chi connectivity index (χ2n) is 7.41. The zero-order valence-electron chi connectivity index (χ0n) is 18.9. The maximum Gasteiger partial charge on any atom is 0.240 e. The number of carbonyl (C=O) groups is 1. The molecule has 1 aromatic rings. The highest BCUT2D eigenvalue weighted by molar-refractivity contribution is 8.11. The largest absolute Gasteiger partial charge is 0.273 e. The highest BCUT2D eigenvalue weighted by Gasteiger charge is 2.21. The van der Waals surface area contributed by atoms with Gasteiger partial charge >= 0.3 is 0 Å². The molecule has 0 N–H and O–H groups in total. The average molecular weight is 433 g/mol. The number of benzene rings is 1. The number of allylic oxidation sites excluding steroid dienone is 1. The first-order valence-electron chi connectivity index (χ1n) is 10.4. The van der Waals surface area contributed by atoms with Gasteiger partial charge in [-0.15, -0.1) is 23.5 Å². The van der Waals surface area contributed by atoms with Gasteiger partial charge in [0.15, 0.2) is 0 Å². The van der Waals surface area contributed by atoms with E-state index in [-0.39, 0.29) is 5.91 Å². The molecular weight excluding hydrogens is 397 g/mol. The van der Waals surface area contributed by atoms with Gasteiger partial charge in [0.1, 0.15) is 7.85 Å². The summed E-state index contributed by atoms with van der Waals surface area (Å²) in [6.45, 7) is 6.63. The first-order chi connectivity index (χ1) is 13.9. The summed E-state index contributed by atoms with van der Waals surface area (Å²) in [6, 6.07) is 6.24. The van der Waals surface area contributed by atoms with Crippen molar-refractivity contribution in [3.63, 3.8) is 0 Å². The fourth-order valence-electron chi connectivity index (χ4n) is 2.84. The fourth-order valence-corrected chi connectivity index (χ4v) is 4.47. The van der Waals surface area contributed by atoms with Gasteiger partial charge < -0.3 is 0 Å². The minimum Gasteiger partial charge on any atom is -0.273 e. The molecule has 0 aliphatic rings. The standard InChI is InChI=1S/C22H36BN3OS2/c1-6-29-21-12-9-11-20(26(25(4)5)22(27)13-14-23)19(21)16-28-17-24-15-8-7-10-18(2)3/h8-9,11-12,15,17-18H,6-7,10,13-14,16,23H2,1-5H3/b15-8-,24-17+. The summed E-state index contributed by atoms with van der Waals surface area (Å²) in [5.41, 5.74) is 4.06. The predicted molar refractivity (Wildman–Crippen MR) is 135 cm³/mol. The number of aliphatic imine (C=N–C) groups is 1. The van der Waals surface area contributed by atoms with Gasteiger partial charge in [-0.3, -0.25) is 9.79 Å². The summed E-state index contributed by atoms with van der Waals surface area (Å²) in [5.74, 6) is 2.63. The Hall–Kier alpha value is -1.18. The van der Waals surface area contributed by atoms with Gasteiger partial charge in [0, 0.05) is 42.9 Å². The lowest BCUT2D eigenvalue weighted by molar-refractivity contribution is -0.120. The van der Waals surface area contributed by atoms with Crippen LogP contribution in [-0.2, 0) is 10.5 Å². The van der Waals surface area contributed by atoms with Crippen LogP contribution in [0.2, 0.25) is 6.32 Å². The highest BCUT2D eigenvalue weighted by atomic mass is 32.2. The number of hydrogen-bond donors (Lipinski definition) is 0. The molecule has 4 nitrogen and oxygen atoms in total. The first-order valence-corrected chi connectivity index (χ1v) is 12.5. The van der Waals surface area contributed by atoms with Crippen LogP contribution in [0.1, 0.15) is 45.6 Å². The molecule has 0 atom stereocenters. The summed E-state index contributed by atoms with van der Waals surface area (Å²) >= 11 is 3.49. The van der Waals surface area contributed by atoms with E-state index < -0.39 is 0 Å². The Labute approximate surface area is 187 Å². The smallest absolute Gasteiger partial charge is 0.240 e. The van der Waals surface area contributed by atoms with Gasteiger partial charge in [-0.05, 0) is 36.6 Å². The third-order valence-corrected chi connectivity index (χ3v) is 5.91. The lowest BCUT2D eigenvalue weighted by atomic mass is 10.0.